The first-order chi connectivity index (χ1) is 9.43. The van der Waals surface area contributed by atoms with Crippen molar-refractivity contribution in [3.05, 3.63) is 34.3 Å². The number of ether oxygens (including phenoxy) is 1. The van der Waals surface area contributed by atoms with Crippen molar-refractivity contribution < 1.29 is 24.2 Å². The van der Waals surface area contributed by atoms with Gasteiger partial charge in [-0.2, -0.15) is 0 Å². The lowest BCUT2D eigenvalue weighted by atomic mass is 10.1. The molecule has 0 fully saturated rings. The molecule has 0 saturated heterocycles. The van der Waals surface area contributed by atoms with Gasteiger partial charge in [-0.3, -0.25) is 9.59 Å². The number of nitrogens with one attached hydrogen (secondary N) is 1. The number of methoxy groups -OCH3 is 1. The molecule has 7 heteroatoms. The van der Waals surface area contributed by atoms with Crippen molar-refractivity contribution in [2.24, 2.45) is 0 Å². The Bertz CT molecular complexity index is 517. The number of halogens is 1. The van der Waals surface area contributed by atoms with Gasteiger partial charge in [0.1, 0.15) is 6.04 Å². The Morgan fingerprint density at radius 2 is 2.10 bits per heavy atom. The molecule has 1 rings (SSSR count). The molecule has 0 aliphatic rings. The van der Waals surface area contributed by atoms with Gasteiger partial charge in [0.25, 0.3) is 5.91 Å². The van der Waals surface area contributed by atoms with Crippen molar-refractivity contribution in [3.63, 3.8) is 0 Å². The third-order valence-electron chi connectivity index (χ3n) is 2.56. The van der Waals surface area contributed by atoms with E-state index in [9.17, 15) is 14.4 Å². The molecule has 108 valence electrons. The molecule has 2 N–H and O–H groups in total. The molecule has 0 spiro atoms. The Morgan fingerprint density at radius 1 is 1.40 bits per heavy atom. The van der Waals surface area contributed by atoms with E-state index < -0.39 is 23.9 Å². The molecular formula is C13H14BrNO5. The summed E-state index contributed by atoms with van der Waals surface area (Å²) in [6.07, 6.45) is -0.103. The molecule has 0 bridgehead atoms. The summed E-state index contributed by atoms with van der Waals surface area (Å²) in [4.78, 5) is 34.0. The van der Waals surface area contributed by atoms with Crippen molar-refractivity contribution in [2.45, 2.75) is 18.9 Å². The second-order valence-electron chi connectivity index (χ2n) is 3.99. The van der Waals surface area contributed by atoms with E-state index in [0.29, 0.717) is 10.0 Å². The van der Waals surface area contributed by atoms with Gasteiger partial charge in [0.05, 0.1) is 7.11 Å². The predicted molar refractivity (Wildman–Crippen MR) is 74.3 cm³/mol. The second kappa shape index (κ2) is 7.64. The first-order valence-electron chi connectivity index (χ1n) is 5.80. The third-order valence-corrected chi connectivity index (χ3v) is 3.05. The average Bonchev–Trinajstić information content (AvgIpc) is 2.42. The van der Waals surface area contributed by atoms with Gasteiger partial charge in [0, 0.05) is 16.5 Å². The van der Waals surface area contributed by atoms with E-state index in [4.69, 9.17) is 5.11 Å². The Labute approximate surface area is 124 Å². The highest BCUT2D eigenvalue weighted by Crippen LogP contribution is 2.12. The minimum absolute atomic E-state index is 0.0260. The van der Waals surface area contributed by atoms with Crippen LogP contribution in [0, 0.1) is 0 Å². The zero-order valence-corrected chi connectivity index (χ0v) is 12.3. The van der Waals surface area contributed by atoms with E-state index >= 15 is 0 Å². The SMILES string of the molecule is COC(=O)CCC(NC(=O)c1cccc(Br)c1)C(=O)O. The van der Waals surface area contributed by atoms with E-state index in [1.807, 2.05) is 0 Å². The Balaban J connectivity index is 2.68. The summed E-state index contributed by atoms with van der Waals surface area (Å²) in [6, 6.07) is 5.43. The number of amides is 1. The van der Waals surface area contributed by atoms with Gasteiger partial charge in [0.15, 0.2) is 0 Å². The molecule has 1 aromatic rings. The molecule has 0 aromatic heterocycles. The molecule has 0 heterocycles. The number of carbonyl (C=O) groups is 3. The van der Waals surface area contributed by atoms with Gasteiger partial charge in [-0.15, -0.1) is 0 Å². The number of rotatable bonds is 6. The van der Waals surface area contributed by atoms with Crippen LogP contribution in [0.4, 0.5) is 0 Å². The summed E-state index contributed by atoms with van der Waals surface area (Å²) in [7, 11) is 1.22. The minimum atomic E-state index is -1.20. The molecular weight excluding hydrogens is 330 g/mol. The quantitative estimate of drug-likeness (QED) is 0.765. The lowest BCUT2D eigenvalue weighted by Gasteiger charge is -2.14. The fourth-order valence-electron chi connectivity index (χ4n) is 1.49. The van der Waals surface area contributed by atoms with Gasteiger partial charge >= 0.3 is 11.9 Å². The fraction of sp³-hybridized carbons (Fsp3) is 0.308. The normalized spacial score (nSPS) is 11.5. The molecule has 1 aromatic carbocycles. The molecule has 0 saturated carbocycles. The van der Waals surface area contributed by atoms with Crippen molar-refractivity contribution in [1.29, 1.82) is 0 Å². The first-order valence-corrected chi connectivity index (χ1v) is 6.59. The number of benzene rings is 1. The third kappa shape index (κ3) is 5.00. The molecule has 0 radical (unpaired) electrons. The molecule has 1 atom stereocenters. The zero-order chi connectivity index (χ0) is 15.1. The Morgan fingerprint density at radius 3 is 2.65 bits per heavy atom. The maximum absolute atomic E-state index is 11.9. The molecule has 1 unspecified atom stereocenters. The molecule has 0 aliphatic carbocycles. The summed E-state index contributed by atoms with van der Waals surface area (Å²) in [5.41, 5.74) is 0.337. The van der Waals surface area contributed by atoms with Gasteiger partial charge in [0.2, 0.25) is 0 Å². The van der Waals surface area contributed by atoms with E-state index in [1.54, 1.807) is 24.3 Å². The highest BCUT2D eigenvalue weighted by atomic mass is 79.9. The second-order valence-corrected chi connectivity index (χ2v) is 4.91. The number of carboxylic acid groups (broad SMARTS) is 1. The van der Waals surface area contributed by atoms with E-state index in [0.717, 1.165) is 0 Å². The number of carboxylic acids is 1. The zero-order valence-electron chi connectivity index (χ0n) is 10.8. The summed E-state index contributed by atoms with van der Waals surface area (Å²) in [5.74, 6) is -2.23. The molecule has 20 heavy (non-hydrogen) atoms. The predicted octanol–water partition coefficient (Wildman–Crippen LogP) is 1.59. The minimum Gasteiger partial charge on any atom is -0.480 e. The number of aliphatic carboxylic acids is 1. The van der Waals surface area contributed by atoms with Crippen LogP contribution < -0.4 is 5.32 Å². The highest BCUT2D eigenvalue weighted by Gasteiger charge is 2.21. The smallest absolute Gasteiger partial charge is 0.326 e. The van der Waals surface area contributed by atoms with Crippen molar-refractivity contribution in [3.8, 4) is 0 Å². The van der Waals surface area contributed by atoms with Crippen LogP contribution in [0.2, 0.25) is 0 Å². The van der Waals surface area contributed by atoms with Gasteiger partial charge < -0.3 is 15.2 Å². The topological polar surface area (TPSA) is 92.7 Å². The average molecular weight is 344 g/mol. The molecule has 0 aliphatic heterocycles. The Hall–Kier alpha value is -1.89. The van der Waals surface area contributed by atoms with Crippen molar-refractivity contribution >= 4 is 33.8 Å². The monoisotopic (exact) mass is 343 g/mol. The number of hydrogen-bond donors (Lipinski definition) is 2. The van der Waals surface area contributed by atoms with Crippen LogP contribution in [0.3, 0.4) is 0 Å². The molecule has 1 amide bonds. The van der Waals surface area contributed by atoms with Gasteiger partial charge in [-0.1, -0.05) is 22.0 Å². The van der Waals surface area contributed by atoms with Crippen LogP contribution in [0.25, 0.3) is 0 Å². The first kappa shape index (κ1) is 16.2. The number of hydrogen-bond acceptors (Lipinski definition) is 4. The summed E-state index contributed by atoms with van der Waals surface area (Å²) >= 11 is 3.23. The maximum Gasteiger partial charge on any atom is 0.326 e. The van der Waals surface area contributed by atoms with Crippen LogP contribution >= 0.6 is 15.9 Å². The number of esters is 1. The standard InChI is InChI=1S/C13H14BrNO5/c1-20-11(16)6-5-10(13(18)19)15-12(17)8-3-2-4-9(14)7-8/h2-4,7,10H,5-6H2,1H3,(H,15,17)(H,18,19). The highest BCUT2D eigenvalue weighted by molar-refractivity contribution is 9.10. The van der Waals surface area contributed by atoms with Gasteiger partial charge in [-0.05, 0) is 24.6 Å². The van der Waals surface area contributed by atoms with Crippen LogP contribution in [-0.4, -0.2) is 36.1 Å². The van der Waals surface area contributed by atoms with E-state index in [2.05, 4.69) is 26.0 Å². The van der Waals surface area contributed by atoms with Crippen molar-refractivity contribution in [1.82, 2.24) is 5.32 Å². The number of carbonyl (C=O) groups excluding carboxylic acids is 2. The van der Waals surface area contributed by atoms with Gasteiger partial charge in [-0.25, -0.2) is 4.79 Å². The fourth-order valence-corrected chi connectivity index (χ4v) is 1.89. The van der Waals surface area contributed by atoms with Crippen LogP contribution in [0.5, 0.6) is 0 Å². The maximum atomic E-state index is 11.9. The van der Waals surface area contributed by atoms with E-state index in [-0.39, 0.29) is 12.8 Å². The summed E-state index contributed by atoms with van der Waals surface area (Å²) < 4.78 is 5.15. The molecule has 6 nitrogen and oxygen atoms in total. The summed E-state index contributed by atoms with van der Waals surface area (Å²) in [6.45, 7) is 0. The lowest BCUT2D eigenvalue weighted by Crippen LogP contribution is -2.41. The van der Waals surface area contributed by atoms with Crippen molar-refractivity contribution in [2.75, 3.05) is 7.11 Å². The van der Waals surface area contributed by atoms with Crippen LogP contribution in [-0.2, 0) is 14.3 Å². The van der Waals surface area contributed by atoms with Crippen LogP contribution in [0.15, 0.2) is 28.7 Å². The van der Waals surface area contributed by atoms with E-state index in [1.165, 1.54) is 7.11 Å². The van der Waals surface area contributed by atoms with Crippen LogP contribution in [0.1, 0.15) is 23.2 Å². The summed E-state index contributed by atoms with van der Waals surface area (Å²) in [5, 5.41) is 11.4. The lowest BCUT2D eigenvalue weighted by molar-refractivity contribution is -0.142. The Kier molecular flexibility index (Phi) is 6.17. The largest absolute Gasteiger partial charge is 0.480 e.